The van der Waals surface area contributed by atoms with Crippen molar-refractivity contribution in [3.8, 4) is 0 Å². The number of hydrogen-bond acceptors (Lipinski definition) is 3. The molecule has 1 aliphatic heterocycles. The van der Waals surface area contributed by atoms with Gasteiger partial charge in [0.2, 0.25) is 5.91 Å². The van der Waals surface area contributed by atoms with Crippen LogP contribution in [0, 0.1) is 6.92 Å². The molecule has 1 unspecified atom stereocenters. The lowest BCUT2D eigenvalue weighted by atomic mass is 10.0. The second kappa shape index (κ2) is 4.90. The summed E-state index contributed by atoms with van der Waals surface area (Å²) in [6.45, 7) is 1.96. The summed E-state index contributed by atoms with van der Waals surface area (Å²) in [7, 11) is 0. The number of amides is 1. The number of nitrogens with one attached hydrogen (secondary N) is 2. The summed E-state index contributed by atoms with van der Waals surface area (Å²) in [6.07, 6.45) is 0. The zero-order valence-electron chi connectivity index (χ0n) is 10.2. The Bertz CT molecular complexity index is 641. The van der Waals surface area contributed by atoms with Gasteiger partial charge < -0.3 is 5.32 Å². The minimum Gasteiger partial charge on any atom is -0.308 e. The van der Waals surface area contributed by atoms with Crippen molar-refractivity contribution in [1.82, 2.24) is 10.2 Å². The summed E-state index contributed by atoms with van der Waals surface area (Å²) in [5, 5.41) is 10.7. The number of carbonyl (C=O) groups is 1. The highest BCUT2D eigenvalue weighted by Crippen LogP contribution is 2.42. The fourth-order valence-corrected chi connectivity index (χ4v) is 3.58. The Hall–Kier alpha value is -1.46. The van der Waals surface area contributed by atoms with Crippen LogP contribution in [0.2, 0.25) is 5.02 Å². The van der Waals surface area contributed by atoms with E-state index in [1.54, 1.807) is 11.8 Å². The molecule has 4 nitrogen and oxygen atoms in total. The van der Waals surface area contributed by atoms with Crippen LogP contribution in [0.15, 0.2) is 24.3 Å². The van der Waals surface area contributed by atoms with Gasteiger partial charge in [-0.05, 0) is 24.6 Å². The minimum absolute atomic E-state index is 0.0257. The van der Waals surface area contributed by atoms with Crippen molar-refractivity contribution in [2.24, 2.45) is 0 Å². The van der Waals surface area contributed by atoms with Gasteiger partial charge in [0.1, 0.15) is 0 Å². The molecule has 2 N–H and O–H groups in total. The molecule has 0 radical (unpaired) electrons. The van der Waals surface area contributed by atoms with Gasteiger partial charge in [0, 0.05) is 16.3 Å². The van der Waals surface area contributed by atoms with Crippen molar-refractivity contribution >= 4 is 35.1 Å². The third-order valence-electron chi connectivity index (χ3n) is 3.05. The number of fused-ring (bicyclic) bond motifs is 1. The van der Waals surface area contributed by atoms with Gasteiger partial charge in [0.05, 0.1) is 11.0 Å². The molecule has 0 saturated carbocycles. The molecule has 98 valence electrons. The lowest BCUT2D eigenvalue weighted by Gasteiger charge is -2.15. The molecule has 0 saturated heterocycles. The van der Waals surface area contributed by atoms with Crippen molar-refractivity contribution in [2.75, 3.05) is 11.1 Å². The van der Waals surface area contributed by atoms with E-state index in [0.29, 0.717) is 16.6 Å². The van der Waals surface area contributed by atoms with Crippen molar-refractivity contribution in [1.29, 1.82) is 0 Å². The van der Waals surface area contributed by atoms with E-state index in [9.17, 15) is 4.79 Å². The van der Waals surface area contributed by atoms with Gasteiger partial charge in [0.25, 0.3) is 0 Å². The van der Waals surface area contributed by atoms with E-state index in [4.69, 9.17) is 11.6 Å². The van der Waals surface area contributed by atoms with Crippen molar-refractivity contribution < 1.29 is 4.79 Å². The number of rotatable bonds is 1. The Balaban J connectivity index is 2.11. The number of aromatic nitrogens is 2. The Labute approximate surface area is 119 Å². The molecule has 1 aromatic carbocycles. The van der Waals surface area contributed by atoms with Crippen LogP contribution in [0.3, 0.4) is 0 Å². The summed E-state index contributed by atoms with van der Waals surface area (Å²) in [5.74, 6) is 1.01. The molecular weight excluding hydrogens is 282 g/mol. The average Bonchev–Trinajstić information content (AvgIpc) is 2.64. The van der Waals surface area contributed by atoms with E-state index in [0.717, 1.165) is 16.8 Å². The zero-order chi connectivity index (χ0) is 13.4. The molecule has 2 heterocycles. The van der Waals surface area contributed by atoms with Crippen molar-refractivity contribution in [3.05, 3.63) is 46.1 Å². The Morgan fingerprint density at radius 1 is 1.47 bits per heavy atom. The third-order valence-corrected chi connectivity index (χ3v) is 4.55. The number of halogens is 1. The third kappa shape index (κ3) is 2.35. The predicted octanol–water partition coefficient (Wildman–Crippen LogP) is 3.15. The first-order chi connectivity index (χ1) is 9.15. The first kappa shape index (κ1) is 12.6. The van der Waals surface area contributed by atoms with Gasteiger partial charge in [-0.3, -0.25) is 9.89 Å². The highest BCUT2D eigenvalue weighted by molar-refractivity contribution is 8.00. The van der Waals surface area contributed by atoms with Crippen LogP contribution in [0.1, 0.15) is 22.1 Å². The van der Waals surface area contributed by atoms with E-state index in [1.165, 1.54) is 0 Å². The number of H-pyrrole nitrogens is 1. The summed E-state index contributed by atoms with van der Waals surface area (Å²) < 4.78 is 0. The number of thioether (sulfide) groups is 1. The Morgan fingerprint density at radius 3 is 3.11 bits per heavy atom. The maximum Gasteiger partial charge on any atom is 0.235 e. The molecule has 1 amide bonds. The molecule has 3 rings (SSSR count). The normalized spacial score (nSPS) is 18.6. The highest BCUT2D eigenvalue weighted by Gasteiger charge is 2.28. The molecule has 0 fully saturated rings. The fraction of sp³-hybridized carbons (Fsp3) is 0.231. The number of anilines is 1. The molecule has 19 heavy (non-hydrogen) atoms. The monoisotopic (exact) mass is 293 g/mol. The van der Waals surface area contributed by atoms with E-state index in [1.807, 2.05) is 31.2 Å². The molecule has 1 atom stereocenters. The van der Waals surface area contributed by atoms with Gasteiger partial charge >= 0.3 is 0 Å². The first-order valence-electron chi connectivity index (χ1n) is 5.87. The van der Waals surface area contributed by atoms with Gasteiger partial charge in [-0.15, -0.1) is 11.8 Å². The van der Waals surface area contributed by atoms with Crippen LogP contribution in [0.4, 0.5) is 5.82 Å². The van der Waals surface area contributed by atoms with Crippen LogP contribution in [-0.2, 0) is 4.79 Å². The first-order valence-corrected chi connectivity index (χ1v) is 7.29. The number of carbonyl (C=O) groups excluding carboxylic acids is 1. The SMILES string of the molecule is Cc1[nH]nc2c1C(c1cccc(Cl)c1)SCC(=O)N2. The van der Waals surface area contributed by atoms with E-state index in [-0.39, 0.29) is 11.2 Å². The van der Waals surface area contributed by atoms with Gasteiger partial charge in [-0.25, -0.2) is 0 Å². The molecule has 0 aliphatic carbocycles. The second-order valence-corrected chi connectivity index (χ2v) is 5.93. The van der Waals surface area contributed by atoms with Crippen molar-refractivity contribution in [2.45, 2.75) is 12.2 Å². The van der Waals surface area contributed by atoms with Crippen molar-refractivity contribution in [3.63, 3.8) is 0 Å². The summed E-state index contributed by atoms with van der Waals surface area (Å²) in [6, 6.07) is 7.73. The standard InChI is InChI=1S/C13H12ClN3OS/c1-7-11-12(8-3-2-4-9(14)5-8)19-6-10(18)15-13(11)17-16-7/h2-5,12H,6H2,1H3,(H2,15,16,17,18). The number of benzene rings is 1. The molecule has 1 aromatic heterocycles. The fourth-order valence-electron chi connectivity index (χ4n) is 2.20. The van der Waals surface area contributed by atoms with E-state index in [2.05, 4.69) is 15.5 Å². The summed E-state index contributed by atoms with van der Waals surface area (Å²) >= 11 is 7.64. The maximum atomic E-state index is 11.7. The van der Waals surface area contributed by atoms with Crippen LogP contribution in [0.25, 0.3) is 0 Å². The smallest absolute Gasteiger partial charge is 0.235 e. The maximum absolute atomic E-state index is 11.7. The number of nitrogens with zero attached hydrogens (tertiary/aromatic N) is 1. The second-order valence-electron chi connectivity index (χ2n) is 4.41. The molecule has 0 bridgehead atoms. The van der Waals surface area contributed by atoms with E-state index >= 15 is 0 Å². The summed E-state index contributed by atoms with van der Waals surface area (Å²) in [4.78, 5) is 11.7. The predicted molar refractivity (Wildman–Crippen MR) is 77.7 cm³/mol. The minimum atomic E-state index is -0.0257. The topological polar surface area (TPSA) is 57.8 Å². The van der Waals surface area contributed by atoms with Crippen LogP contribution in [0.5, 0.6) is 0 Å². The molecule has 2 aromatic rings. The Kier molecular flexibility index (Phi) is 3.24. The molecule has 6 heteroatoms. The number of aromatic amines is 1. The van der Waals surface area contributed by atoms with Crippen LogP contribution < -0.4 is 5.32 Å². The lowest BCUT2D eigenvalue weighted by Crippen LogP contribution is -2.12. The highest BCUT2D eigenvalue weighted by atomic mass is 35.5. The van der Waals surface area contributed by atoms with Crippen LogP contribution in [-0.4, -0.2) is 21.9 Å². The van der Waals surface area contributed by atoms with E-state index < -0.39 is 0 Å². The molecule has 0 spiro atoms. The molecule has 1 aliphatic rings. The average molecular weight is 294 g/mol. The lowest BCUT2D eigenvalue weighted by molar-refractivity contribution is -0.113. The van der Waals surface area contributed by atoms with Gasteiger partial charge in [0.15, 0.2) is 5.82 Å². The molecular formula is C13H12ClN3OS. The quantitative estimate of drug-likeness (QED) is 0.849. The summed E-state index contributed by atoms with van der Waals surface area (Å²) in [5.41, 5.74) is 3.08. The van der Waals surface area contributed by atoms with Crippen LogP contribution >= 0.6 is 23.4 Å². The Morgan fingerprint density at radius 2 is 2.32 bits per heavy atom. The number of hydrogen-bond donors (Lipinski definition) is 2. The largest absolute Gasteiger partial charge is 0.308 e. The van der Waals surface area contributed by atoms with Gasteiger partial charge in [-0.1, -0.05) is 23.7 Å². The zero-order valence-corrected chi connectivity index (χ0v) is 11.8. The van der Waals surface area contributed by atoms with Gasteiger partial charge in [-0.2, -0.15) is 5.10 Å². The number of aryl methyl sites for hydroxylation is 1.